The third-order valence-electron chi connectivity index (χ3n) is 2.80. The molecule has 0 saturated heterocycles. The van der Waals surface area contributed by atoms with Crippen molar-refractivity contribution in [2.24, 2.45) is 5.41 Å². The Balaban J connectivity index is 2.34. The normalized spacial score (nSPS) is 11.9. The van der Waals surface area contributed by atoms with Gasteiger partial charge in [0.1, 0.15) is 5.15 Å². The average molecular weight is 253 g/mol. The smallest absolute Gasteiger partial charge is 0.309 e. The summed E-state index contributed by atoms with van der Waals surface area (Å²) in [5.74, 6) is -0.808. The number of halogens is 1. The molecule has 0 aliphatic heterocycles. The van der Waals surface area contributed by atoms with Crippen molar-refractivity contribution < 1.29 is 9.90 Å². The van der Waals surface area contributed by atoms with Crippen molar-refractivity contribution in [2.75, 3.05) is 0 Å². The number of hydrogen-bond donors (Lipinski definition) is 2. The lowest BCUT2D eigenvalue weighted by Gasteiger charge is -2.18. The van der Waals surface area contributed by atoms with Crippen LogP contribution in [0.2, 0.25) is 5.15 Å². The second-order valence-corrected chi connectivity index (χ2v) is 5.13. The molecule has 0 saturated carbocycles. The van der Waals surface area contributed by atoms with Gasteiger partial charge in [-0.1, -0.05) is 17.7 Å². The summed E-state index contributed by atoms with van der Waals surface area (Å²) in [4.78, 5) is 11.1. The molecule has 1 aromatic carbocycles. The quantitative estimate of drug-likeness (QED) is 0.883. The number of aliphatic carboxylic acids is 1. The van der Waals surface area contributed by atoms with E-state index in [-0.39, 0.29) is 0 Å². The van der Waals surface area contributed by atoms with Crippen LogP contribution < -0.4 is 0 Å². The lowest BCUT2D eigenvalue weighted by atomic mass is 9.86. The molecule has 2 aromatic rings. The van der Waals surface area contributed by atoms with E-state index >= 15 is 0 Å². The van der Waals surface area contributed by atoms with E-state index in [1.807, 2.05) is 18.2 Å². The molecule has 0 unspecified atom stereocenters. The largest absolute Gasteiger partial charge is 0.481 e. The molecule has 0 fully saturated rings. The maximum absolute atomic E-state index is 11.1. The highest BCUT2D eigenvalue weighted by Gasteiger charge is 2.27. The van der Waals surface area contributed by atoms with E-state index in [4.69, 9.17) is 16.7 Å². The van der Waals surface area contributed by atoms with Gasteiger partial charge in [0.05, 0.1) is 10.9 Å². The molecule has 5 heteroatoms. The monoisotopic (exact) mass is 252 g/mol. The number of nitrogens with one attached hydrogen (secondary N) is 1. The Morgan fingerprint density at radius 2 is 2.24 bits per heavy atom. The van der Waals surface area contributed by atoms with E-state index < -0.39 is 11.4 Å². The van der Waals surface area contributed by atoms with E-state index in [0.29, 0.717) is 11.6 Å². The summed E-state index contributed by atoms with van der Waals surface area (Å²) in [6.45, 7) is 3.41. The Morgan fingerprint density at radius 1 is 1.53 bits per heavy atom. The summed E-state index contributed by atoms with van der Waals surface area (Å²) in [7, 11) is 0. The molecule has 2 rings (SSSR count). The highest BCUT2D eigenvalue weighted by Crippen LogP contribution is 2.26. The first-order valence-electron chi connectivity index (χ1n) is 5.26. The van der Waals surface area contributed by atoms with E-state index in [0.717, 1.165) is 16.5 Å². The number of nitrogens with zero attached hydrogens (tertiary/aromatic N) is 1. The fourth-order valence-corrected chi connectivity index (χ4v) is 1.92. The molecule has 0 radical (unpaired) electrons. The number of aromatic nitrogens is 2. The molecule has 90 valence electrons. The maximum Gasteiger partial charge on any atom is 0.309 e. The summed E-state index contributed by atoms with van der Waals surface area (Å²) in [5.41, 5.74) is 0.912. The Kier molecular flexibility index (Phi) is 2.83. The van der Waals surface area contributed by atoms with Gasteiger partial charge in [-0.2, -0.15) is 5.10 Å². The first-order chi connectivity index (χ1) is 7.90. The van der Waals surface area contributed by atoms with Gasteiger partial charge in [-0.05, 0) is 38.0 Å². The zero-order chi connectivity index (χ0) is 12.6. The Bertz CT molecular complexity index is 575. The highest BCUT2D eigenvalue weighted by molar-refractivity contribution is 6.34. The van der Waals surface area contributed by atoms with E-state index in [2.05, 4.69) is 10.2 Å². The van der Waals surface area contributed by atoms with Gasteiger partial charge in [-0.15, -0.1) is 0 Å². The predicted molar refractivity (Wildman–Crippen MR) is 66.2 cm³/mol. The summed E-state index contributed by atoms with van der Waals surface area (Å²) in [6, 6.07) is 5.60. The number of carboxylic acid groups (broad SMARTS) is 1. The molecule has 0 spiro atoms. The van der Waals surface area contributed by atoms with Gasteiger partial charge in [0.2, 0.25) is 0 Å². The van der Waals surface area contributed by atoms with Crippen LogP contribution in [-0.2, 0) is 11.2 Å². The zero-order valence-corrected chi connectivity index (χ0v) is 10.4. The van der Waals surface area contributed by atoms with Gasteiger partial charge in [0, 0.05) is 5.39 Å². The van der Waals surface area contributed by atoms with E-state index in [1.54, 1.807) is 13.8 Å². The fourth-order valence-electron chi connectivity index (χ4n) is 1.72. The van der Waals surface area contributed by atoms with Crippen LogP contribution in [0.3, 0.4) is 0 Å². The third kappa shape index (κ3) is 2.26. The molecule has 0 amide bonds. The Morgan fingerprint density at radius 3 is 2.88 bits per heavy atom. The Hall–Kier alpha value is -1.55. The summed E-state index contributed by atoms with van der Waals surface area (Å²) in [6.07, 6.45) is 0.461. The fraction of sp³-hybridized carbons (Fsp3) is 0.333. The number of H-pyrrole nitrogens is 1. The van der Waals surface area contributed by atoms with E-state index in [1.165, 1.54) is 0 Å². The Labute approximate surface area is 104 Å². The third-order valence-corrected chi connectivity index (χ3v) is 3.09. The first kappa shape index (κ1) is 11.9. The number of hydrogen-bond acceptors (Lipinski definition) is 2. The minimum Gasteiger partial charge on any atom is -0.481 e. The second kappa shape index (κ2) is 4.04. The van der Waals surface area contributed by atoms with Crippen LogP contribution >= 0.6 is 11.6 Å². The van der Waals surface area contributed by atoms with Crippen molar-refractivity contribution in [3.8, 4) is 0 Å². The molecule has 0 bridgehead atoms. The average Bonchev–Trinajstić information content (AvgIpc) is 2.59. The molecule has 2 N–H and O–H groups in total. The van der Waals surface area contributed by atoms with E-state index in [9.17, 15) is 4.79 Å². The molecule has 17 heavy (non-hydrogen) atoms. The number of aromatic amines is 1. The summed E-state index contributed by atoms with van der Waals surface area (Å²) in [5, 5.41) is 17.2. The van der Waals surface area contributed by atoms with Gasteiger partial charge in [-0.3, -0.25) is 9.89 Å². The number of carbonyl (C=O) groups is 1. The molecule has 0 atom stereocenters. The predicted octanol–water partition coefficient (Wildman–Crippen LogP) is 2.87. The van der Waals surface area contributed by atoms with Gasteiger partial charge in [0.15, 0.2) is 0 Å². The van der Waals surface area contributed by atoms with Gasteiger partial charge in [-0.25, -0.2) is 0 Å². The molecular formula is C12H13ClN2O2. The number of carboxylic acids is 1. The van der Waals surface area contributed by atoms with Crippen LogP contribution in [-0.4, -0.2) is 21.3 Å². The topological polar surface area (TPSA) is 66.0 Å². The molecule has 1 aromatic heterocycles. The van der Waals surface area contributed by atoms with Crippen LogP contribution in [0.5, 0.6) is 0 Å². The first-order valence-corrected chi connectivity index (χ1v) is 5.64. The van der Waals surface area contributed by atoms with Crippen LogP contribution in [0.15, 0.2) is 18.2 Å². The number of fused-ring (bicyclic) bond motifs is 1. The zero-order valence-electron chi connectivity index (χ0n) is 9.62. The van der Waals surface area contributed by atoms with Gasteiger partial charge < -0.3 is 5.11 Å². The minimum absolute atomic E-state index is 0.461. The van der Waals surface area contributed by atoms with Crippen LogP contribution in [0.1, 0.15) is 19.4 Å². The minimum atomic E-state index is -0.808. The van der Waals surface area contributed by atoms with Crippen molar-refractivity contribution in [1.29, 1.82) is 0 Å². The van der Waals surface area contributed by atoms with Crippen LogP contribution in [0.4, 0.5) is 0 Å². The van der Waals surface area contributed by atoms with Crippen LogP contribution in [0.25, 0.3) is 10.9 Å². The number of rotatable bonds is 3. The van der Waals surface area contributed by atoms with Crippen molar-refractivity contribution >= 4 is 28.5 Å². The molecule has 4 nitrogen and oxygen atoms in total. The van der Waals surface area contributed by atoms with Crippen molar-refractivity contribution in [1.82, 2.24) is 10.2 Å². The van der Waals surface area contributed by atoms with Crippen molar-refractivity contribution in [2.45, 2.75) is 20.3 Å². The highest BCUT2D eigenvalue weighted by atomic mass is 35.5. The SMILES string of the molecule is CC(C)(Cc1ccc2c(Cl)[nH]nc2c1)C(=O)O. The lowest BCUT2D eigenvalue weighted by Crippen LogP contribution is -2.26. The standard InChI is InChI=1S/C12H13ClN2O2/c1-12(2,11(16)17)6-7-3-4-8-9(5-7)14-15-10(8)13/h3-5H,6H2,1-2H3,(H,14,15)(H,16,17). The van der Waals surface area contributed by atoms with Crippen molar-refractivity contribution in [3.05, 3.63) is 28.9 Å². The molecule has 0 aliphatic carbocycles. The summed E-state index contributed by atoms with van der Waals surface area (Å²) >= 11 is 5.90. The molecule has 0 aliphatic rings. The van der Waals surface area contributed by atoms with Crippen molar-refractivity contribution in [3.63, 3.8) is 0 Å². The molecular weight excluding hydrogens is 240 g/mol. The lowest BCUT2D eigenvalue weighted by molar-refractivity contribution is -0.146. The summed E-state index contributed by atoms with van der Waals surface area (Å²) < 4.78 is 0. The van der Waals surface area contributed by atoms with Crippen LogP contribution in [0, 0.1) is 5.41 Å². The second-order valence-electron chi connectivity index (χ2n) is 4.75. The maximum atomic E-state index is 11.1. The molecule has 1 heterocycles. The number of benzene rings is 1. The van der Waals surface area contributed by atoms with Gasteiger partial charge in [0.25, 0.3) is 0 Å². The van der Waals surface area contributed by atoms with Gasteiger partial charge >= 0.3 is 5.97 Å².